The largest absolute Gasteiger partial charge is 0.354 e. The van der Waals surface area contributed by atoms with Crippen molar-refractivity contribution in [2.24, 2.45) is 0 Å². The van der Waals surface area contributed by atoms with E-state index in [9.17, 15) is 4.39 Å². The van der Waals surface area contributed by atoms with E-state index in [0.29, 0.717) is 5.56 Å². The van der Waals surface area contributed by atoms with Crippen molar-refractivity contribution in [1.29, 1.82) is 0 Å². The van der Waals surface area contributed by atoms with Crippen LogP contribution in [0.4, 0.5) is 4.39 Å². The van der Waals surface area contributed by atoms with Gasteiger partial charge in [0, 0.05) is 16.6 Å². The van der Waals surface area contributed by atoms with E-state index in [4.69, 9.17) is 0 Å². The van der Waals surface area contributed by atoms with Gasteiger partial charge in [0.15, 0.2) is 0 Å². The monoisotopic (exact) mass is 225 g/mol. The fraction of sp³-hybridized carbons (Fsp3) is 0.0667. The summed E-state index contributed by atoms with van der Waals surface area (Å²) in [4.78, 5) is 3.28. The minimum Gasteiger partial charge on any atom is -0.354 e. The first-order valence-corrected chi connectivity index (χ1v) is 5.59. The molecule has 0 bridgehead atoms. The van der Waals surface area contributed by atoms with E-state index in [-0.39, 0.29) is 5.82 Å². The molecule has 2 heteroatoms. The molecule has 0 amide bonds. The lowest BCUT2D eigenvalue weighted by Gasteiger charge is -1.98. The van der Waals surface area contributed by atoms with Gasteiger partial charge in [-0.05, 0) is 30.7 Å². The second kappa shape index (κ2) is 3.74. The molecule has 0 saturated carbocycles. The van der Waals surface area contributed by atoms with E-state index in [0.717, 1.165) is 22.2 Å². The maximum absolute atomic E-state index is 13.4. The molecule has 0 spiro atoms. The molecule has 1 aromatic heterocycles. The van der Waals surface area contributed by atoms with Crippen molar-refractivity contribution in [2.45, 2.75) is 6.92 Å². The SMILES string of the molecule is Cc1c(F)ccc2cc(-c3ccccc3)[nH]c12. The Bertz CT molecular complexity index is 668. The molecule has 0 aliphatic heterocycles. The van der Waals surface area contributed by atoms with Crippen molar-refractivity contribution < 1.29 is 4.39 Å². The van der Waals surface area contributed by atoms with Crippen LogP contribution < -0.4 is 0 Å². The molecule has 0 unspecified atom stereocenters. The lowest BCUT2D eigenvalue weighted by atomic mass is 10.1. The highest BCUT2D eigenvalue weighted by molar-refractivity contribution is 5.88. The first kappa shape index (κ1) is 10.1. The van der Waals surface area contributed by atoms with Crippen molar-refractivity contribution in [3.05, 3.63) is 59.9 Å². The molecule has 1 nitrogen and oxygen atoms in total. The minimum atomic E-state index is -0.168. The van der Waals surface area contributed by atoms with E-state index in [1.807, 2.05) is 30.3 Å². The number of hydrogen-bond acceptors (Lipinski definition) is 0. The number of aromatic nitrogens is 1. The van der Waals surface area contributed by atoms with Gasteiger partial charge in [-0.3, -0.25) is 0 Å². The molecule has 0 aliphatic carbocycles. The first-order chi connectivity index (χ1) is 8.25. The van der Waals surface area contributed by atoms with Gasteiger partial charge >= 0.3 is 0 Å². The molecule has 1 heterocycles. The zero-order valence-corrected chi connectivity index (χ0v) is 9.50. The van der Waals surface area contributed by atoms with Crippen molar-refractivity contribution >= 4 is 10.9 Å². The van der Waals surface area contributed by atoms with E-state index < -0.39 is 0 Å². The van der Waals surface area contributed by atoms with Crippen molar-refractivity contribution in [3.8, 4) is 11.3 Å². The number of aryl methyl sites for hydroxylation is 1. The lowest BCUT2D eigenvalue weighted by molar-refractivity contribution is 0.620. The Morgan fingerprint density at radius 3 is 2.53 bits per heavy atom. The molecular formula is C15H12FN. The van der Waals surface area contributed by atoms with Gasteiger partial charge in [0.1, 0.15) is 5.82 Å². The molecule has 84 valence electrons. The zero-order chi connectivity index (χ0) is 11.8. The highest BCUT2D eigenvalue weighted by atomic mass is 19.1. The van der Waals surface area contributed by atoms with Crippen molar-refractivity contribution in [1.82, 2.24) is 4.98 Å². The van der Waals surface area contributed by atoms with E-state index in [2.05, 4.69) is 11.1 Å². The fourth-order valence-electron chi connectivity index (χ4n) is 2.09. The van der Waals surface area contributed by atoms with E-state index in [1.165, 1.54) is 6.07 Å². The third-order valence-corrected chi connectivity index (χ3v) is 3.08. The number of aromatic amines is 1. The van der Waals surface area contributed by atoms with Crippen molar-refractivity contribution in [3.63, 3.8) is 0 Å². The normalized spacial score (nSPS) is 10.9. The fourth-order valence-corrected chi connectivity index (χ4v) is 2.09. The van der Waals surface area contributed by atoms with Crippen LogP contribution in [0.2, 0.25) is 0 Å². The number of halogens is 1. The quantitative estimate of drug-likeness (QED) is 0.636. The predicted octanol–water partition coefficient (Wildman–Crippen LogP) is 4.28. The molecule has 3 rings (SSSR count). The van der Waals surface area contributed by atoms with Gasteiger partial charge in [-0.2, -0.15) is 0 Å². The van der Waals surface area contributed by atoms with Crippen LogP contribution in [0.3, 0.4) is 0 Å². The highest BCUT2D eigenvalue weighted by Crippen LogP contribution is 2.26. The molecule has 3 aromatic rings. The van der Waals surface area contributed by atoms with Crippen LogP contribution in [0, 0.1) is 12.7 Å². The molecule has 0 aliphatic rings. The summed E-state index contributed by atoms with van der Waals surface area (Å²) in [6.45, 7) is 1.79. The number of benzene rings is 2. The Hall–Kier alpha value is -2.09. The lowest BCUT2D eigenvalue weighted by Crippen LogP contribution is -1.83. The van der Waals surface area contributed by atoms with Gasteiger partial charge in [0.2, 0.25) is 0 Å². The van der Waals surface area contributed by atoms with E-state index in [1.54, 1.807) is 13.0 Å². The Morgan fingerprint density at radius 2 is 1.76 bits per heavy atom. The standard InChI is InChI=1S/C15H12FN/c1-10-13(16)8-7-12-9-14(17-15(10)12)11-5-3-2-4-6-11/h2-9,17H,1H3. The Labute approximate surface area is 98.9 Å². The molecule has 0 radical (unpaired) electrons. The summed E-state index contributed by atoms with van der Waals surface area (Å²) in [5.41, 5.74) is 3.69. The Kier molecular flexibility index (Phi) is 2.22. The van der Waals surface area contributed by atoms with Crippen LogP contribution in [0.5, 0.6) is 0 Å². The minimum absolute atomic E-state index is 0.168. The van der Waals surface area contributed by atoms with Crippen LogP contribution >= 0.6 is 0 Å². The van der Waals surface area contributed by atoms with Gasteiger partial charge in [0.25, 0.3) is 0 Å². The van der Waals surface area contributed by atoms with Crippen LogP contribution in [0.1, 0.15) is 5.56 Å². The van der Waals surface area contributed by atoms with Gasteiger partial charge in [-0.15, -0.1) is 0 Å². The van der Waals surface area contributed by atoms with Crippen LogP contribution in [-0.4, -0.2) is 4.98 Å². The summed E-state index contributed by atoms with van der Waals surface area (Å²) < 4.78 is 13.4. The van der Waals surface area contributed by atoms with Gasteiger partial charge in [0.05, 0.1) is 5.52 Å². The van der Waals surface area contributed by atoms with Crippen LogP contribution in [-0.2, 0) is 0 Å². The summed E-state index contributed by atoms with van der Waals surface area (Å²) in [6.07, 6.45) is 0. The van der Waals surface area contributed by atoms with Crippen LogP contribution in [0.15, 0.2) is 48.5 Å². The highest BCUT2D eigenvalue weighted by Gasteiger charge is 2.07. The number of rotatable bonds is 1. The van der Waals surface area contributed by atoms with Gasteiger partial charge in [-0.1, -0.05) is 30.3 Å². The summed E-state index contributed by atoms with van der Waals surface area (Å²) in [5.74, 6) is -0.168. The number of H-pyrrole nitrogens is 1. The molecule has 17 heavy (non-hydrogen) atoms. The predicted molar refractivity (Wildman–Crippen MR) is 68.4 cm³/mol. The van der Waals surface area contributed by atoms with Gasteiger partial charge in [-0.25, -0.2) is 4.39 Å². The van der Waals surface area contributed by atoms with Crippen molar-refractivity contribution in [2.75, 3.05) is 0 Å². The number of nitrogens with one attached hydrogen (secondary N) is 1. The third-order valence-electron chi connectivity index (χ3n) is 3.08. The molecule has 0 fully saturated rings. The number of fused-ring (bicyclic) bond motifs is 1. The Morgan fingerprint density at radius 1 is 1.00 bits per heavy atom. The zero-order valence-electron chi connectivity index (χ0n) is 9.50. The maximum atomic E-state index is 13.4. The summed E-state index contributed by atoms with van der Waals surface area (Å²) in [6, 6.07) is 15.4. The smallest absolute Gasteiger partial charge is 0.128 e. The van der Waals surface area contributed by atoms with Crippen LogP contribution in [0.25, 0.3) is 22.2 Å². The molecule has 1 N–H and O–H groups in total. The second-order valence-electron chi connectivity index (χ2n) is 4.19. The number of hydrogen-bond donors (Lipinski definition) is 1. The average Bonchev–Trinajstić information content (AvgIpc) is 2.80. The molecule has 0 saturated heterocycles. The average molecular weight is 225 g/mol. The molecule has 0 atom stereocenters. The summed E-state index contributed by atoms with van der Waals surface area (Å²) in [5, 5.41) is 1.04. The Balaban J connectivity index is 2.24. The van der Waals surface area contributed by atoms with E-state index >= 15 is 0 Å². The molecular weight excluding hydrogens is 213 g/mol. The topological polar surface area (TPSA) is 15.8 Å². The summed E-state index contributed by atoms with van der Waals surface area (Å²) in [7, 11) is 0. The molecule has 2 aromatic carbocycles. The summed E-state index contributed by atoms with van der Waals surface area (Å²) >= 11 is 0. The third kappa shape index (κ3) is 1.62. The first-order valence-electron chi connectivity index (χ1n) is 5.59. The maximum Gasteiger partial charge on any atom is 0.128 e. The second-order valence-corrected chi connectivity index (χ2v) is 4.19. The van der Waals surface area contributed by atoms with Gasteiger partial charge < -0.3 is 4.98 Å².